The van der Waals surface area contributed by atoms with E-state index >= 15 is 0 Å². The minimum Gasteiger partial charge on any atom is -0.477 e. The zero-order valence-corrected chi connectivity index (χ0v) is 10.6. The van der Waals surface area contributed by atoms with Crippen LogP contribution in [0.4, 0.5) is 0 Å². The van der Waals surface area contributed by atoms with E-state index in [-0.39, 0.29) is 11.4 Å². The fourth-order valence-corrected chi connectivity index (χ4v) is 1.72. The summed E-state index contributed by atoms with van der Waals surface area (Å²) >= 11 is 0. The van der Waals surface area contributed by atoms with Crippen LogP contribution in [-0.4, -0.2) is 36.3 Å². The highest BCUT2D eigenvalue weighted by atomic mass is 16.5. The van der Waals surface area contributed by atoms with Crippen LogP contribution in [0.25, 0.3) is 5.69 Å². The number of benzene rings is 1. The third-order valence-electron chi connectivity index (χ3n) is 2.65. The van der Waals surface area contributed by atoms with Crippen LogP contribution in [0, 0.1) is 0 Å². The van der Waals surface area contributed by atoms with Gasteiger partial charge in [0.05, 0.1) is 5.69 Å². The normalized spacial score (nSPS) is 10.3. The highest BCUT2D eigenvalue weighted by Crippen LogP contribution is 2.24. The van der Waals surface area contributed by atoms with Gasteiger partial charge in [-0.2, -0.15) is 0 Å². The van der Waals surface area contributed by atoms with Gasteiger partial charge in [0.25, 0.3) is 0 Å². The zero-order chi connectivity index (χ0) is 14.7. The number of rotatable bonds is 4. The molecule has 21 heavy (non-hydrogen) atoms. The molecule has 0 radical (unpaired) electrons. The molecular formula is C13H9N5O3. The third kappa shape index (κ3) is 2.68. The Bertz CT molecular complexity index is 773. The number of aromatic carboxylic acids is 1. The van der Waals surface area contributed by atoms with E-state index < -0.39 is 5.97 Å². The molecule has 0 saturated heterocycles. The van der Waals surface area contributed by atoms with E-state index in [0.717, 1.165) is 0 Å². The molecular weight excluding hydrogens is 274 g/mol. The molecule has 3 aromatic rings. The first-order valence-corrected chi connectivity index (χ1v) is 5.93. The Hall–Kier alpha value is -3.29. The van der Waals surface area contributed by atoms with Crippen molar-refractivity contribution in [2.24, 2.45) is 0 Å². The molecule has 0 aliphatic carbocycles. The number of carbonyl (C=O) groups is 1. The topological polar surface area (TPSA) is 103 Å². The van der Waals surface area contributed by atoms with Gasteiger partial charge in [-0.3, -0.25) is 0 Å². The number of hydrogen-bond donors (Lipinski definition) is 1. The van der Waals surface area contributed by atoms with Crippen LogP contribution < -0.4 is 4.74 Å². The Balaban J connectivity index is 1.93. The largest absolute Gasteiger partial charge is 0.477 e. The molecule has 3 rings (SSSR count). The van der Waals surface area contributed by atoms with E-state index in [1.807, 2.05) is 0 Å². The van der Waals surface area contributed by atoms with Crippen LogP contribution >= 0.6 is 0 Å². The van der Waals surface area contributed by atoms with Crippen molar-refractivity contribution in [2.75, 3.05) is 0 Å². The summed E-state index contributed by atoms with van der Waals surface area (Å²) in [6, 6.07) is 9.87. The first kappa shape index (κ1) is 12.7. The SMILES string of the molecule is O=C(O)c1cccnc1Oc1cccc(-n2cnnn2)c1. The lowest BCUT2D eigenvalue weighted by Gasteiger charge is -2.08. The monoisotopic (exact) mass is 283 g/mol. The lowest BCUT2D eigenvalue weighted by molar-refractivity contribution is 0.0693. The van der Waals surface area contributed by atoms with Crippen LogP contribution in [0.5, 0.6) is 11.6 Å². The second-order valence-corrected chi connectivity index (χ2v) is 4.02. The summed E-state index contributed by atoms with van der Waals surface area (Å²) < 4.78 is 7.00. The Morgan fingerprint density at radius 2 is 2.14 bits per heavy atom. The van der Waals surface area contributed by atoms with E-state index in [1.165, 1.54) is 29.3 Å². The quantitative estimate of drug-likeness (QED) is 0.774. The van der Waals surface area contributed by atoms with Crippen molar-refractivity contribution >= 4 is 5.97 Å². The Morgan fingerprint density at radius 3 is 2.90 bits per heavy atom. The number of carboxylic acid groups (broad SMARTS) is 1. The maximum Gasteiger partial charge on any atom is 0.341 e. The first-order chi connectivity index (χ1) is 10.2. The molecule has 104 valence electrons. The van der Waals surface area contributed by atoms with E-state index in [4.69, 9.17) is 9.84 Å². The number of carboxylic acids is 1. The molecule has 0 aliphatic rings. The molecule has 1 aromatic carbocycles. The van der Waals surface area contributed by atoms with Gasteiger partial charge >= 0.3 is 5.97 Å². The predicted molar refractivity (Wildman–Crippen MR) is 70.4 cm³/mol. The van der Waals surface area contributed by atoms with Gasteiger partial charge in [-0.1, -0.05) is 6.07 Å². The van der Waals surface area contributed by atoms with Gasteiger partial charge in [-0.15, -0.1) is 5.10 Å². The lowest BCUT2D eigenvalue weighted by atomic mass is 10.2. The van der Waals surface area contributed by atoms with E-state index in [2.05, 4.69) is 20.5 Å². The third-order valence-corrected chi connectivity index (χ3v) is 2.65. The predicted octanol–water partition coefficient (Wildman–Crippen LogP) is 1.55. The Labute approximate surface area is 118 Å². The zero-order valence-electron chi connectivity index (χ0n) is 10.6. The van der Waals surface area contributed by atoms with Gasteiger partial charge in [-0.25, -0.2) is 14.5 Å². The number of nitrogens with zero attached hydrogens (tertiary/aromatic N) is 5. The smallest absolute Gasteiger partial charge is 0.341 e. The summed E-state index contributed by atoms with van der Waals surface area (Å²) in [6.45, 7) is 0. The van der Waals surface area contributed by atoms with Crippen LogP contribution in [-0.2, 0) is 0 Å². The van der Waals surface area contributed by atoms with Gasteiger partial charge in [0, 0.05) is 12.3 Å². The van der Waals surface area contributed by atoms with Crippen molar-refractivity contribution in [3.63, 3.8) is 0 Å². The maximum absolute atomic E-state index is 11.1. The molecule has 8 heteroatoms. The molecule has 0 aliphatic heterocycles. The van der Waals surface area contributed by atoms with Gasteiger partial charge < -0.3 is 9.84 Å². The molecule has 0 saturated carbocycles. The average Bonchev–Trinajstić information content (AvgIpc) is 3.02. The summed E-state index contributed by atoms with van der Waals surface area (Å²) in [4.78, 5) is 15.1. The molecule has 0 fully saturated rings. The number of pyridine rings is 1. The van der Waals surface area contributed by atoms with E-state index in [0.29, 0.717) is 11.4 Å². The molecule has 2 heterocycles. The van der Waals surface area contributed by atoms with Gasteiger partial charge in [0.2, 0.25) is 5.88 Å². The minimum atomic E-state index is -1.10. The summed E-state index contributed by atoms with van der Waals surface area (Å²) in [6.07, 6.45) is 2.91. The van der Waals surface area contributed by atoms with Crippen molar-refractivity contribution < 1.29 is 14.6 Å². The highest BCUT2D eigenvalue weighted by Gasteiger charge is 2.13. The summed E-state index contributed by atoms with van der Waals surface area (Å²) in [5.41, 5.74) is 0.677. The highest BCUT2D eigenvalue weighted by molar-refractivity contribution is 5.90. The first-order valence-electron chi connectivity index (χ1n) is 5.93. The summed E-state index contributed by atoms with van der Waals surface area (Å²) in [5.74, 6) is -0.641. The van der Waals surface area contributed by atoms with Crippen molar-refractivity contribution in [3.05, 3.63) is 54.5 Å². The van der Waals surface area contributed by atoms with Crippen molar-refractivity contribution in [2.45, 2.75) is 0 Å². The van der Waals surface area contributed by atoms with Gasteiger partial charge in [-0.05, 0) is 34.7 Å². The molecule has 0 spiro atoms. The minimum absolute atomic E-state index is 0.00896. The molecule has 0 bridgehead atoms. The molecule has 1 N–H and O–H groups in total. The molecule has 0 atom stereocenters. The van der Waals surface area contributed by atoms with E-state index in [1.54, 1.807) is 24.3 Å². The van der Waals surface area contributed by atoms with Gasteiger partial charge in [0.1, 0.15) is 17.6 Å². The Kier molecular flexibility index (Phi) is 3.26. The second-order valence-electron chi connectivity index (χ2n) is 4.02. The second kappa shape index (κ2) is 5.37. The molecule has 2 aromatic heterocycles. The van der Waals surface area contributed by atoms with Crippen molar-refractivity contribution in [3.8, 4) is 17.3 Å². The summed E-state index contributed by atoms with van der Waals surface area (Å²) in [5, 5.41) is 20.0. The van der Waals surface area contributed by atoms with Crippen LogP contribution in [0.1, 0.15) is 10.4 Å². The Morgan fingerprint density at radius 1 is 1.24 bits per heavy atom. The molecule has 8 nitrogen and oxygen atoms in total. The molecule has 0 unspecified atom stereocenters. The van der Waals surface area contributed by atoms with Crippen LogP contribution in [0.3, 0.4) is 0 Å². The number of ether oxygens (including phenoxy) is 1. The fourth-order valence-electron chi connectivity index (χ4n) is 1.72. The van der Waals surface area contributed by atoms with Crippen LogP contribution in [0.2, 0.25) is 0 Å². The van der Waals surface area contributed by atoms with Crippen LogP contribution in [0.15, 0.2) is 48.9 Å². The lowest BCUT2D eigenvalue weighted by Crippen LogP contribution is -2.02. The van der Waals surface area contributed by atoms with Crippen molar-refractivity contribution in [1.82, 2.24) is 25.2 Å². The summed E-state index contributed by atoms with van der Waals surface area (Å²) in [7, 11) is 0. The maximum atomic E-state index is 11.1. The number of aromatic nitrogens is 5. The molecule has 0 amide bonds. The van der Waals surface area contributed by atoms with Crippen molar-refractivity contribution in [1.29, 1.82) is 0 Å². The standard InChI is InChI=1S/C13H9N5O3/c19-13(20)11-5-2-6-14-12(11)21-10-4-1-3-9(7-10)18-8-15-16-17-18/h1-8H,(H,19,20). The number of tetrazole rings is 1. The van der Waals surface area contributed by atoms with E-state index in [9.17, 15) is 4.79 Å². The number of hydrogen-bond acceptors (Lipinski definition) is 6. The fraction of sp³-hybridized carbons (Fsp3) is 0. The average molecular weight is 283 g/mol. The van der Waals surface area contributed by atoms with Gasteiger partial charge in [0.15, 0.2) is 0 Å².